The summed E-state index contributed by atoms with van der Waals surface area (Å²) in [7, 11) is 0. The Morgan fingerprint density at radius 3 is 2.57 bits per heavy atom. The number of hydrazone groups is 1. The van der Waals surface area contributed by atoms with Crippen LogP contribution in [0.4, 0.5) is 0 Å². The van der Waals surface area contributed by atoms with Gasteiger partial charge in [-0.3, -0.25) is 4.79 Å². The number of benzene rings is 1. The van der Waals surface area contributed by atoms with Crippen LogP contribution in [0.1, 0.15) is 35.5 Å². The highest BCUT2D eigenvalue weighted by atomic mass is 16.5. The van der Waals surface area contributed by atoms with Gasteiger partial charge in [-0.15, -0.1) is 0 Å². The van der Waals surface area contributed by atoms with Crippen LogP contribution in [0.3, 0.4) is 0 Å². The molecule has 1 N–H and O–H groups in total. The van der Waals surface area contributed by atoms with Crippen molar-refractivity contribution in [1.29, 1.82) is 0 Å². The minimum Gasteiger partial charge on any atom is -0.494 e. The van der Waals surface area contributed by atoms with E-state index in [4.69, 9.17) is 9.15 Å². The lowest BCUT2D eigenvalue weighted by Crippen LogP contribution is -2.19. The number of aryl methyl sites for hydroxylation is 1. The number of carbonyl (C=O) groups is 1. The van der Waals surface area contributed by atoms with Gasteiger partial charge in [-0.2, -0.15) is 5.10 Å². The van der Waals surface area contributed by atoms with Gasteiger partial charge in [-0.25, -0.2) is 5.43 Å². The highest BCUT2D eigenvalue weighted by molar-refractivity contribution is 6.01. The zero-order valence-corrected chi connectivity index (χ0v) is 12.3. The maximum absolute atomic E-state index is 11.9. The summed E-state index contributed by atoms with van der Waals surface area (Å²) in [5.41, 5.74) is 4.64. The van der Waals surface area contributed by atoms with Gasteiger partial charge in [0.2, 0.25) is 0 Å². The Labute approximate surface area is 123 Å². The van der Waals surface area contributed by atoms with Gasteiger partial charge in [0.15, 0.2) is 0 Å². The normalized spacial score (nSPS) is 11.3. The Balaban J connectivity index is 2.04. The van der Waals surface area contributed by atoms with Crippen LogP contribution < -0.4 is 10.2 Å². The molecule has 1 amide bonds. The summed E-state index contributed by atoms with van der Waals surface area (Å²) in [5, 5.41) is 4.10. The second-order valence-electron chi connectivity index (χ2n) is 4.49. The number of hydrogen-bond acceptors (Lipinski definition) is 4. The Kier molecular flexibility index (Phi) is 4.77. The first kappa shape index (κ1) is 14.8. The summed E-state index contributed by atoms with van der Waals surface area (Å²) < 4.78 is 10.5. The van der Waals surface area contributed by atoms with Crippen LogP contribution in [-0.2, 0) is 0 Å². The fourth-order valence-electron chi connectivity index (χ4n) is 1.84. The summed E-state index contributed by atoms with van der Waals surface area (Å²) in [6, 6.07) is 9.17. The maximum Gasteiger partial charge on any atom is 0.274 e. The topological polar surface area (TPSA) is 63.8 Å². The van der Waals surface area contributed by atoms with E-state index < -0.39 is 0 Å². The minimum absolute atomic E-state index is 0.286. The van der Waals surface area contributed by atoms with E-state index in [9.17, 15) is 4.79 Å². The number of rotatable bonds is 5. The van der Waals surface area contributed by atoms with Crippen LogP contribution in [-0.4, -0.2) is 18.2 Å². The van der Waals surface area contributed by atoms with E-state index in [1.165, 1.54) is 6.26 Å². The molecule has 0 unspecified atom stereocenters. The fourth-order valence-corrected chi connectivity index (χ4v) is 1.84. The summed E-state index contributed by atoms with van der Waals surface area (Å²) >= 11 is 0. The van der Waals surface area contributed by atoms with Crippen LogP contribution in [0.2, 0.25) is 0 Å². The third-order valence-electron chi connectivity index (χ3n) is 3.01. The smallest absolute Gasteiger partial charge is 0.274 e. The Morgan fingerprint density at radius 1 is 1.29 bits per heavy atom. The summed E-state index contributed by atoms with van der Waals surface area (Å²) in [6.45, 7) is 6.14. The van der Waals surface area contributed by atoms with Crippen LogP contribution in [0.25, 0.3) is 0 Å². The number of nitrogens with zero attached hydrogens (tertiary/aromatic N) is 1. The molecule has 0 aliphatic rings. The van der Waals surface area contributed by atoms with Crippen molar-refractivity contribution >= 4 is 11.6 Å². The van der Waals surface area contributed by atoms with E-state index in [0.29, 0.717) is 23.6 Å². The molecule has 2 rings (SSSR count). The largest absolute Gasteiger partial charge is 0.494 e. The first-order valence-corrected chi connectivity index (χ1v) is 6.73. The summed E-state index contributed by atoms with van der Waals surface area (Å²) in [4.78, 5) is 11.9. The average molecular weight is 286 g/mol. The van der Waals surface area contributed by atoms with Gasteiger partial charge in [0.1, 0.15) is 11.5 Å². The predicted octanol–water partition coefficient (Wildman–Crippen LogP) is 3.14. The zero-order valence-electron chi connectivity index (χ0n) is 12.3. The molecule has 0 aliphatic heterocycles. The van der Waals surface area contributed by atoms with E-state index in [1.54, 1.807) is 13.0 Å². The Morgan fingerprint density at radius 2 is 2.00 bits per heavy atom. The highest BCUT2D eigenvalue weighted by Crippen LogP contribution is 2.13. The van der Waals surface area contributed by atoms with E-state index in [0.717, 1.165) is 11.3 Å². The SMILES string of the molecule is CCOc1ccc(/C(C)=N\NC(=O)c2ccoc2C)cc1. The van der Waals surface area contributed by atoms with Crippen LogP contribution in [0.5, 0.6) is 5.75 Å². The number of nitrogens with one attached hydrogen (secondary N) is 1. The number of amides is 1. The number of hydrogen-bond donors (Lipinski definition) is 1. The quantitative estimate of drug-likeness (QED) is 0.678. The second-order valence-corrected chi connectivity index (χ2v) is 4.49. The number of furan rings is 1. The molecule has 0 saturated carbocycles. The standard InChI is InChI=1S/C16H18N2O3/c1-4-20-14-7-5-13(6-8-14)11(2)17-18-16(19)15-9-10-21-12(15)3/h5-10H,4H2,1-3H3,(H,18,19)/b17-11-. The molecule has 110 valence electrons. The zero-order chi connectivity index (χ0) is 15.2. The van der Waals surface area contributed by atoms with Crippen molar-refractivity contribution in [3.8, 4) is 5.75 Å². The van der Waals surface area contributed by atoms with Crippen molar-refractivity contribution in [2.45, 2.75) is 20.8 Å². The first-order chi connectivity index (χ1) is 10.1. The molecule has 1 heterocycles. The van der Waals surface area contributed by atoms with E-state index in [-0.39, 0.29) is 5.91 Å². The van der Waals surface area contributed by atoms with E-state index >= 15 is 0 Å². The van der Waals surface area contributed by atoms with Gasteiger partial charge in [0.25, 0.3) is 5.91 Å². The predicted molar refractivity (Wildman–Crippen MR) is 80.7 cm³/mol. The third-order valence-corrected chi connectivity index (χ3v) is 3.01. The van der Waals surface area contributed by atoms with Gasteiger partial charge in [0, 0.05) is 0 Å². The van der Waals surface area contributed by atoms with Crippen molar-refractivity contribution in [2.75, 3.05) is 6.61 Å². The molecule has 1 aromatic carbocycles. The van der Waals surface area contributed by atoms with E-state index in [2.05, 4.69) is 10.5 Å². The van der Waals surface area contributed by atoms with E-state index in [1.807, 2.05) is 38.1 Å². The molecule has 0 aliphatic carbocycles. The monoisotopic (exact) mass is 286 g/mol. The average Bonchev–Trinajstić information content (AvgIpc) is 2.92. The summed E-state index contributed by atoms with van der Waals surface area (Å²) in [6.07, 6.45) is 1.48. The molecule has 21 heavy (non-hydrogen) atoms. The van der Waals surface area contributed by atoms with Crippen molar-refractivity contribution in [3.05, 3.63) is 53.5 Å². The molecule has 1 aromatic heterocycles. The van der Waals surface area contributed by atoms with Crippen molar-refractivity contribution < 1.29 is 13.9 Å². The molecular formula is C16H18N2O3. The van der Waals surface area contributed by atoms with Gasteiger partial charge in [0.05, 0.1) is 24.1 Å². The Bertz CT molecular complexity index is 642. The lowest BCUT2D eigenvalue weighted by Gasteiger charge is -2.05. The lowest BCUT2D eigenvalue weighted by molar-refractivity contribution is 0.0953. The first-order valence-electron chi connectivity index (χ1n) is 6.73. The number of carbonyl (C=O) groups excluding carboxylic acids is 1. The second kappa shape index (κ2) is 6.74. The molecule has 0 fully saturated rings. The Hall–Kier alpha value is -2.56. The van der Waals surface area contributed by atoms with Crippen LogP contribution in [0.15, 0.2) is 46.1 Å². The fraction of sp³-hybridized carbons (Fsp3) is 0.250. The minimum atomic E-state index is -0.286. The molecule has 5 heteroatoms. The molecule has 2 aromatic rings. The van der Waals surface area contributed by atoms with Gasteiger partial charge < -0.3 is 9.15 Å². The molecular weight excluding hydrogens is 268 g/mol. The van der Waals surface area contributed by atoms with Crippen LogP contribution in [0, 0.1) is 6.92 Å². The molecule has 0 atom stereocenters. The van der Waals surface area contributed by atoms with Gasteiger partial charge in [-0.1, -0.05) is 0 Å². The van der Waals surface area contributed by atoms with Crippen molar-refractivity contribution in [1.82, 2.24) is 5.43 Å². The number of ether oxygens (including phenoxy) is 1. The van der Waals surface area contributed by atoms with Crippen molar-refractivity contribution in [2.24, 2.45) is 5.10 Å². The molecule has 0 bridgehead atoms. The molecule has 0 radical (unpaired) electrons. The summed E-state index contributed by atoms with van der Waals surface area (Å²) in [5.74, 6) is 1.10. The van der Waals surface area contributed by atoms with Crippen molar-refractivity contribution in [3.63, 3.8) is 0 Å². The highest BCUT2D eigenvalue weighted by Gasteiger charge is 2.10. The molecule has 5 nitrogen and oxygen atoms in total. The molecule has 0 spiro atoms. The maximum atomic E-state index is 11.9. The van der Waals surface area contributed by atoms with Crippen LogP contribution >= 0.6 is 0 Å². The van der Waals surface area contributed by atoms with Gasteiger partial charge >= 0.3 is 0 Å². The third kappa shape index (κ3) is 3.72. The van der Waals surface area contributed by atoms with Gasteiger partial charge in [-0.05, 0) is 56.7 Å². The molecule has 0 saturated heterocycles. The lowest BCUT2D eigenvalue weighted by atomic mass is 10.1.